The number of carbonyl (C=O) groups excluding carboxylic acids is 2. The normalized spacial score (nSPS) is 17.4. The number of ether oxygens (including phenoxy) is 1. The van der Waals surface area contributed by atoms with E-state index in [9.17, 15) is 9.59 Å². The SMILES string of the molecule is Cn1cc(C(=O)NCCCCN2CCC(CNC(=O)c3cc(Cl)c(N)cc3OCC3CC3)C2)c2ccccc21. The highest BCUT2D eigenvalue weighted by Gasteiger charge is 2.25. The maximum Gasteiger partial charge on any atom is 0.255 e. The van der Waals surface area contributed by atoms with Crippen LogP contribution in [0.5, 0.6) is 5.75 Å². The lowest BCUT2D eigenvalue weighted by atomic mass is 10.1. The summed E-state index contributed by atoms with van der Waals surface area (Å²) < 4.78 is 7.89. The van der Waals surface area contributed by atoms with Crippen LogP contribution in [0.4, 0.5) is 5.69 Å². The van der Waals surface area contributed by atoms with Crippen LogP contribution in [0.25, 0.3) is 10.9 Å². The van der Waals surface area contributed by atoms with Gasteiger partial charge in [0, 0.05) is 49.8 Å². The predicted octanol–water partition coefficient (Wildman–Crippen LogP) is 4.46. The number of unbranched alkanes of at least 4 members (excludes halogenated alkanes) is 1. The number of likely N-dealkylation sites (tertiary alicyclic amines) is 1. The molecular weight excluding hydrogens is 514 g/mol. The summed E-state index contributed by atoms with van der Waals surface area (Å²) in [5.41, 5.74) is 8.59. The Balaban J connectivity index is 1.01. The Morgan fingerprint density at radius 3 is 2.67 bits per heavy atom. The van der Waals surface area contributed by atoms with Gasteiger partial charge in [-0.25, -0.2) is 0 Å². The van der Waals surface area contributed by atoms with Gasteiger partial charge in [-0.3, -0.25) is 9.59 Å². The molecule has 0 radical (unpaired) electrons. The van der Waals surface area contributed by atoms with Crippen LogP contribution >= 0.6 is 11.6 Å². The van der Waals surface area contributed by atoms with Crippen LogP contribution in [0.15, 0.2) is 42.6 Å². The molecule has 1 saturated heterocycles. The molecule has 2 heterocycles. The first-order valence-corrected chi connectivity index (χ1v) is 14.3. The van der Waals surface area contributed by atoms with Gasteiger partial charge in [0.1, 0.15) is 5.75 Å². The lowest BCUT2D eigenvalue weighted by Gasteiger charge is -2.17. The maximum atomic E-state index is 13.0. The summed E-state index contributed by atoms with van der Waals surface area (Å²) in [4.78, 5) is 28.1. The van der Waals surface area contributed by atoms with E-state index in [4.69, 9.17) is 22.1 Å². The molecule has 1 saturated carbocycles. The molecule has 1 unspecified atom stereocenters. The third kappa shape index (κ3) is 6.86. The van der Waals surface area contributed by atoms with Crippen LogP contribution in [0.3, 0.4) is 0 Å². The molecule has 1 aliphatic heterocycles. The standard InChI is InChI=1S/C30H38ClN5O3/c1-35-18-24(22-6-2-3-7-27(22)35)30(38)33-11-4-5-12-36-13-10-21(17-36)16-34-29(37)23-14-25(31)26(32)15-28(23)39-19-20-8-9-20/h2-3,6-7,14-15,18,20-21H,4-5,8-13,16-17,19,32H2,1H3,(H,33,38)(H,34,37). The monoisotopic (exact) mass is 551 g/mol. The molecule has 8 nitrogen and oxygen atoms in total. The zero-order valence-corrected chi connectivity index (χ0v) is 23.3. The smallest absolute Gasteiger partial charge is 0.255 e. The average molecular weight is 552 g/mol. The molecule has 3 aromatic rings. The fourth-order valence-electron chi connectivity index (χ4n) is 5.25. The summed E-state index contributed by atoms with van der Waals surface area (Å²) >= 11 is 6.20. The van der Waals surface area contributed by atoms with E-state index in [2.05, 4.69) is 15.5 Å². The molecule has 2 amide bonds. The van der Waals surface area contributed by atoms with Crippen molar-refractivity contribution in [3.05, 3.63) is 58.7 Å². The lowest BCUT2D eigenvalue weighted by molar-refractivity contribution is 0.0938. The number of fused-ring (bicyclic) bond motifs is 1. The van der Waals surface area contributed by atoms with Crippen LogP contribution in [-0.2, 0) is 7.05 Å². The van der Waals surface area contributed by atoms with Crippen LogP contribution in [-0.4, -0.2) is 60.6 Å². The number of anilines is 1. The number of aromatic nitrogens is 1. The minimum atomic E-state index is -0.178. The van der Waals surface area contributed by atoms with E-state index in [0.717, 1.165) is 55.4 Å². The third-order valence-corrected chi connectivity index (χ3v) is 8.09. The minimum Gasteiger partial charge on any atom is -0.492 e. The fourth-order valence-corrected chi connectivity index (χ4v) is 5.42. The molecule has 0 bridgehead atoms. The summed E-state index contributed by atoms with van der Waals surface area (Å²) in [7, 11) is 1.96. The predicted molar refractivity (Wildman–Crippen MR) is 155 cm³/mol. The van der Waals surface area contributed by atoms with E-state index in [1.807, 2.05) is 42.1 Å². The number of rotatable bonds is 12. The number of carbonyl (C=O) groups is 2. The Labute approximate surface area is 234 Å². The quantitative estimate of drug-likeness (QED) is 0.228. The molecule has 39 heavy (non-hydrogen) atoms. The van der Waals surface area contributed by atoms with Gasteiger partial charge in [-0.15, -0.1) is 0 Å². The van der Waals surface area contributed by atoms with Crippen molar-refractivity contribution in [3.63, 3.8) is 0 Å². The van der Waals surface area contributed by atoms with E-state index in [-0.39, 0.29) is 11.8 Å². The van der Waals surface area contributed by atoms with E-state index >= 15 is 0 Å². The van der Waals surface area contributed by atoms with Gasteiger partial charge in [-0.1, -0.05) is 29.8 Å². The average Bonchev–Trinajstić information content (AvgIpc) is 3.56. The van der Waals surface area contributed by atoms with Gasteiger partial charge >= 0.3 is 0 Å². The zero-order valence-electron chi connectivity index (χ0n) is 22.5. The van der Waals surface area contributed by atoms with E-state index in [1.54, 1.807) is 12.1 Å². The zero-order chi connectivity index (χ0) is 27.4. The number of halogens is 1. The Morgan fingerprint density at radius 1 is 1.05 bits per heavy atom. The first-order chi connectivity index (χ1) is 18.9. The molecule has 4 N–H and O–H groups in total. The van der Waals surface area contributed by atoms with Crippen molar-refractivity contribution in [1.82, 2.24) is 20.1 Å². The van der Waals surface area contributed by atoms with Gasteiger partial charge in [0.15, 0.2) is 0 Å². The number of hydrogen-bond acceptors (Lipinski definition) is 5. The van der Waals surface area contributed by atoms with Crippen LogP contribution in [0, 0.1) is 11.8 Å². The third-order valence-electron chi connectivity index (χ3n) is 7.76. The van der Waals surface area contributed by atoms with E-state index < -0.39 is 0 Å². The summed E-state index contributed by atoms with van der Waals surface area (Å²) in [6.07, 6.45) is 7.22. The number of nitrogens with one attached hydrogen (secondary N) is 2. The highest BCUT2D eigenvalue weighted by atomic mass is 35.5. The number of nitrogen functional groups attached to an aromatic ring is 1. The van der Waals surface area contributed by atoms with Crippen LogP contribution < -0.4 is 21.1 Å². The van der Waals surface area contributed by atoms with Crippen molar-refractivity contribution in [1.29, 1.82) is 0 Å². The van der Waals surface area contributed by atoms with Crippen molar-refractivity contribution < 1.29 is 14.3 Å². The van der Waals surface area contributed by atoms with Crippen molar-refractivity contribution in [2.75, 3.05) is 45.1 Å². The molecule has 0 spiro atoms. The van der Waals surface area contributed by atoms with Crippen molar-refractivity contribution in [2.45, 2.75) is 32.1 Å². The van der Waals surface area contributed by atoms with Gasteiger partial charge in [-0.2, -0.15) is 0 Å². The minimum absolute atomic E-state index is 0.0211. The van der Waals surface area contributed by atoms with Crippen molar-refractivity contribution in [3.8, 4) is 5.75 Å². The highest BCUT2D eigenvalue weighted by Crippen LogP contribution is 2.33. The number of nitrogens with zero attached hydrogens (tertiary/aromatic N) is 2. The van der Waals surface area contributed by atoms with Crippen molar-refractivity contribution >= 4 is 40.0 Å². The van der Waals surface area contributed by atoms with Gasteiger partial charge in [0.05, 0.1) is 28.4 Å². The van der Waals surface area contributed by atoms with E-state index in [1.165, 1.54) is 12.8 Å². The number of para-hydroxylation sites is 1. The van der Waals surface area contributed by atoms with Crippen molar-refractivity contribution in [2.24, 2.45) is 18.9 Å². The highest BCUT2D eigenvalue weighted by molar-refractivity contribution is 6.33. The first kappa shape index (κ1) is 27.3. The number of benzene rings is 2. The van der Waals surface area contributed by atoms with E-state index in [0.29, 0.717) is 53.6 Å². The summed E-state index contributed by atoms with van der Waals surface area (Å²) in [6, 6.07) is 11.2. The topological polar surface area (TPSA) is 102 Å². The molecular formula is C30H38ClN5O3. The van der Waals surface area contributed by atoms with Gasteiger partial charge < -0.3 is 30.6 Å². The Hall–Kier alpha value is -3.23. The molecule has 1 aliphatic carbocycles. The number of nitrogens with two attached hydrogens (primary N) is 1. The molecule has 2 aliphatic rings. The second-order valence-corrected chi connectivity index (χ2v) is 11.3. The molecule has 1 aromatic heterocycles. The number of amides is 2. The van der Waals surface area contributed by atoms with Crippen LogP contribution in [0.2, 0.25) is 5.02 Å². The maximum absolute atomic E-state index is 13.0. The van der Waals surface area contributed by atoms with Gasteiger partial charge in [-0.05, 0) is 69.2 Å². The number of aryl methyl sites for hydroxylation is 1. The van der Waals surface area contributed by atoms with Gasteiger partial charge in [0.2, 0.25) is 0 Å². The first-order valence-electron chi connectivity index (χ1n) is 13.9. The van der Waals surface area contributed by atoms with Gasteiger partial charge in [0.25, 0.3) is 11.8 Å². The molecule has 2 fully saturated rings. The summed E-state index contributed by atoms with van der Waals surface area (Å²) in [5.74, 6) is 1.28. The molecule has 208 valence electrons. The van der Waals surface area contributed by atoms with Crippen LogP contribution in [0.1, 0.15) is 52.8 Å². The Morgan fingerprint density at radius 2 is 1.85 bits per heavy atom. The molecule has 5 rings (SSSR count). The fraction of sp³-hybridized carbons (Fsp3) is 0.467. The second kappa shape index (κ2) is 12.3. The largest absolute Gasteiger partial charge is 0.492 e. The summed E-state index contributed by atoms with van der Waals surface area (Å²) in [5, 5.41) is 7.49. The second-order valence-electron chi connectivity index (χ2n) is 10.9. The molecule has 2 aromatic carbocycles. The lowest BCUT2D eigenvalue weighted by Crippen LogP contribution is -2.31. The number of hydrogen-bond donors (Lipinski definition) is 3. The molecule has 9 heteroatoms. The summed E-state index contributed by atoms with van der Waals surface area (Å²) in [6.45, 7) is 4.83. The molecule has 1 atom stereocenters. The Bertz CT molecular complexity index is 1340. The Kier molecular flexibility index (Phi) is 8.63.